The highest BCUT2D eigenvalue weighted by Crippen LogP contribution is 2.30. The number of aliphatic hydroxyl groups is 1. The Morgan fingerprint density at radius 1 is 1.29 bits per heavy atom. The van der Waals surface area contributed by atoms with Crippen LogP contribution in [0.4, 0.5) is 13.2 Å². The number of carbonyl (C=O) groups excluding carboxylic acids is 1. The monoisotopic (exact) mass is 303 g/mol. The van der Waals surface area contributed by atoms with E-state index in [1.807, 2.05) is 20.8 Å². The van der Waals surface area contributed by atoms with Gasteiger partial charge in [0.1, 0.15) is 0 Å². The zero-order chi connectivity index (χ0) is 16.3. The molecule has 1 aromatic carbocycles. The molecule has 1 rings (SSSR count). The molecule has 0 saturated heterocycles. The summed E-state index contributed by atoms with van der Waals surface area (Å²) in [6.07, 6.45) is -5.34. The topological polar surface area (TPSA) is 49.3 Å². The molecule has 0 heterocycles. The first-order valence-corrected chi connectivity index (χ1v) is 6.61. The lowest BCUT2D eigenvalue weighted by Crippen LogP contribution is -2.31. The van der Waals surface area contributed by atoms with Crippen molar-refractivity contribution >= 4 is 5.91 Å². The lowest BCUT2D eigenvalue weighted by molar-refractivity contribution is -0.137. The number of rotatable bonds is 4. The molecule has 1 atom stereocenters. The van der Waals surface area contributed by atoms with E-state index in [0.717, 1.165) is 12.1 Å². The highest BCUT2D eigenvalue weighted by Gasteiger charge is 2.30. The van der Waals surface area contributed by atoms with Crippen LogP contribution in [0, 0.1) is 5.41 Å². The number of hydrogen-bond donors (Lipinski definition) is 2. The second-order valence-corrected chi connectivity index (χ2v) is 6.18. The summed E-state index contributed by atoms with van der Waals surface area (Å²) in [4.78, 5) is 11.6. The van der Waals surface area contributed by atoms with Crippen LogP contribution in [-0.4, -0.2) is 17.6 Å². The summed E-state index contributed by atoms with van der Waals surface area (Å²) in [6.45, 7) is 5.58. The first-order valence-electron chi connectivity index (χ1n) is 6.61. The van der Waals surface area contributed by atoms with E-state index >= 15 is 0 Å². The van der Waals surface area contributed by atoms with Gasteiger partial charge >= 0.3 is 6.18 Å². The molecule has 6 heteroatoms. The van der Waals surface area contributed by atoms with Crippen molar-refractivity contribution in [2.24, 2.45) is 5.41 Å². The summed E-state index contributed by atoms with van der Waals surface area (Å²) in [5.74, 6) is -0.242. The normalized spacial score (nSPS) is 13.9. The quantitative estimate of drug-likeness (QED) is 0.896. The highest BCUT2D eigenvalue weighted by molar-refractivity contribution is 5.76. The van der Waals surface area contributed by atoms with Crippen LogP contribution in [0.25, 0.3) is 0 Å². The van der Waals surface area contributed by atoms with Gasteiger partial charge in [0.25, 0.3) is 0 Å². The third-order valence-electron chi connectivity index (χ3n) is 2.78. The minimum Gasteiger partial charge on any atom is -0.387 e. The van der Waals surface area contributed by atoms with Crippen LogP contribution in [0.2, 0.25) is 0 Å². The standard InChI is InChI=1S/C15H20F3NO2/c1-14(2,3)8-13(21)19-9-12(20)10-5-4-6-11(7-10)15(16,17)18/h4-7,12,20H,8-9H2,1-3H3,(H,19,21)/t12-/m1/s1. The van der Waals surface area contributed by atoms with Crippen molar-refractivity contribution in [1.82, 2.24) is 5.32 Å². The molecule has 0 aliphatic heterocycles. The molecule has 0 spiro atoms. The van der Waals surface area contributed by atoms with Crippen molar-refractivity contribution < 1.29 is 23.1 Å². The van der Waals surface area contributed by atoms with E-state index in [1.165, 1.54) is 12.1 Å². The summed E-state index contributed by atoms with van der Waals surface area (Å²) in [7, 11) is 0. The van der Waals surface area contributed by atoms with Gasteiger partial charge in [0, 0.05) is 13.0 Å². The van der Waals surface area contributed by atoms with E-state index in [1.54, 1.807) is 0 Å². The lowest BCUT2D eigenvalue weighted by atomic mass is 9.92. The maximum Gasteiger partial charge on any atom is 0.416 e. The van der Waals surface area contributed by atoms with Crippen molar-refractivity contribution in [3.05, 3.63) is 35.4 Å². The van der Waals surface area contributed by atoms with Crippen LogP contribution in [0.15, 0.2) is 24.3 Å². The highest BCUT2D eigenvalue weighted by atomic mass is 19.4. The predicted octanol–water partition coefficient (Wildman–Crippen LogP) is 3.29. The van der Waals surface area contributed by atoms with E-state index in [4.69, 9.17) is 0 Å². The molecule has 118 valence electrons. The van der Waals surface area contributed by atoms with Gasteiger partial charge in [-0.1, -0.05) is 32.9 Å². The summed E-state index contributed by atoms with van der Waals surface area (Å²) in [5, 5.41) is 12.4. The molecule has 0 fully saturated rings. The van der Waals surface area contributed by atoms with Gasteiger partial charge in [0.2, 0.25) is 5.91 Å². The third-order valence-corrected chi connectivity index (χ3v) is 2.78. The summed E-state index contributed by atoms with van der Waals surface area (Å²) in [5.41, 5.74) is -0.883. The molecule has 1 amide bonds. The fourth-order valence-electron chi connectivity index (χ4n) is 1.79. The Labute approximate surface area is 122 Å². The van der Waals surface area contributed by atoms with Gasteiger partial charge in [-0.25, -0.2) is 0 Å². The molecule has 3 nitrogen and oxygen atoms in total. The SMILES string of the molecule is CC(C)(C)CC(=O)NC[C@@H](O)c1cccc(C(F)(F)F)c1. The van der Waals surface area contributed by atoms with Crippen molar-refractivity contribution in [3.8, 4) is 0 Å². The molecule has 0 bridgehead atoms. The Balaban J connectivity index is 2.64. The Kier molecular flexibility index (Phi) is 5.39. The van der Waals surface area contributed by atoms with E-state index < -0.39 is 17.8 Å². The number of alkyl halides is 3. The maximum absolute atomic E-state index is 12.6. The summed E-state index contributed by atoms with van der Waals surface area (Å²) < 4.78 is 37.7. The lowest BCUT2D eigenvalue weighted by Gasteiger charge is -2.19. The number of hydrogen-bond acceptors (Lipinski definition) is 2. The summed E-state index contributed by atoms with van der Waals surface area (Å²) >= 11 is 0. The largest absolute Gasteiger partial charge is 0.416 e. The smallest absolute Gasteiger partial charge is 0.387 e. The van der Waals surface area contributed by atoms with Crippen LogP contribution < -0.4 is 5.32 Å². The average molecular weight is 303 g/mol. The van der Waals surface area contributed by atoms with E-state index in [-0.39, 0.29) is 29.9 Å². The van der Waals surface area contributed by atoms with E-state index in [9.17, 15) is 23.1 Å². The van der Waals surface area contributed by atoms with Gasteiger partial charge in [-0.2, -0.15) is 13.2 Å². The fourth-order valence-corrected chi connectivity index (χ4v) is 1.79. The van der Waals surface area contributed by atoms with Gasteiger partial charge in [0.15, 0.2) is 0 Å². The molecule has 0 aliphatic carbocycles. The van der Waals surface area contributed by atoms with Crippen molar-refractivity contribution in [3.63, 3.8) is 0 Å². The molecule has 0 aliphatic rings. The number of halogens is 3. The average Bonchev–Trinajstić information content (AvgIpc) is 2.33. The van der Waals surface area contributed by atoms with Gasteiger partial charge in [-0.15, -0.1) is 0 Å². The zero-order valence-electron chi connectivity index (χ0n) is 12.3. The van der Waals surface area contributed by atoms with Crippen LogP contribution >= 0.6 is 0 Å². The molecule has 1 aromatic rings. The second kappa shape index (κ2) is 6.47. The fraction of sp³-hybridized carbons (Fsp3) is 0.533. The number of aliphatic hydroxyl groups excluding tert-OH is 1. The molecular formula is C15H20F3NO2. The molecule has 0 aromatic heterocycles. The van der Waals surface area contributed by atoms with Gasteiger partial charge in [-0.3, -0.25) is 4.79 Å². The van der Waals surface area contributed by atoms with Gasteiger partial charge in [0.05, 0.1) is 11.7 Å². The molecule has 2 N–H and O–H groups in total. The molecule has 0 saturated carbocycles. The van der Waals surface area contributed by atoms with Gasteiger partial charge in [-0.05, 0) is 23.1 Å². The Hall–Kier alpha value is -1.56. The van der Waals surface area contributed by atoms with Crippen molar-refractivity contribution in [2.45, 2.75) is 39.5 Å². The predicted molar refractivity (Wildman–Crippen MR) is 73.5 cm³/mol. The third kappa shape index (κ3) is 6.16. The Morgan fingerprint density at radius 2 is 1.90 bits per heavy atom. The first kappa shape index (κ1) is 17.5. The van der Waals surface area contributed by atoms with Crippen LogP contribution in [-0.2, 0) is 11.0 Å². The molecule has 0 unspecified atom stereocenters. The minimum absolute atomic E-state index is 0.115. The number of benzene rings is 1. The second-order valence-electron chi connectivity index (χ2n) is 6.18. The van der Waals surface area contributed by atoms with E-state index in [0.29, 0.717) is 0 Å². The minimum atomic E-state index is -4.45. The summed E-state index contributed by atoms with van der Waals surface area (Å²) in [6, 6.07) is 4.46. The maximum atomic E-state index is 12.6. The molecule has 21 heavy (non-hydrogen) atoms. The molecule has 0 radical (unpaired) electrons. The number of carbonyl (C=O) groups is 1. The van der Waals surface area contributed by atoms with Crippen LogP contribution in [0.1, 0.15) is 44.4 Å². The zero-order valence-corrected chi connectivity index (χ0v) is 12.3. The number of amides is 1. The van der Waals surface area contributed by atoms with Gasteiger partial charge < -0.3 is 10.4 Å². The van der Waals surface area contributed by atoms with Crippen LogP contribution in [0.3, 0.4) is 0 Å². The number of nitrogens with one attached hydrogen (secondary N) is 1. The Morgan fingerprint density at radius 3 is 2.43 bits per heavy atom. The van der Waals surface area contributed by atoms with Crippen molar-refractivity contribution in [2.75, 3.05) is 6.54 Å². The van der Waals surface area contributed by atoms with Crippen molar-refractivity contribution in [1.29, 1.82) is 0 Å². The molecular weight excluding hydrogens is 283 g/mol. The first-order chi connectivity index (χ1) is 9.49. The van der Waals surface area contributed by atoms with Crippen LogP contribution in [0.5, 0.6) is 0 Å². The van der Waals surface area contributed by atoms with E-state index in [2.05, 4.69) is 5.32 Å². The Bertz CT molecular complexity index is 492.